The van der Waals surface area contributed by atoms with Crippen LogP contribution in [0, 0.1) is 5.82 Å². The normalized spacial score (nSPS) is 21.4. The molecule has 180 valence electrons. The van der Waals surface area contributed by atoms with Crippen LogP contribution in [-0.2, 0) is 9.53 Å². The maximum atomic E-state index is 14.4. The van der Waals surface area contributed by atoms with Crippen LogP contribution in [0.2, 0.25) is 0 Å². The molecule has 1 amide bonds. The van der Waals surface area contributed by atoms with Gasteiger partial charge in [0.15, 0.2) is 5.65 Å². The summed E-state index contributed by atoms with van der Waals surface area (Å²) in [6.07, 6.45) is 6.98. The third-order valence-electron chi connectivity index (χ3n) is 6.58. The highest BCUT2D eigenvalue weighted by Gasteiger charge is 2.28. The van der Waals surface area contributed by atoms with Gasteiger partial charge in [0, 0.05) is 38.3 Å². The van der Waals surface area contributed by atoms with Gasteiger partial charge in [-0.1, -0.05) is 12.1 Å². The minimum atomic E-state index is -0.344. The van der Waals surface area contributed by atoms with E-state index in [0.29, 0.717) is 28.7 Å². The summed E-state index contributed by atoms with van der Waals surface area (Å²) in [6.45, 7) is 3.01. The Morgan fingerprint density at radius 1 is 1.06 bits per heavy atom. The van der Waals surface area contributed by atoms with E-state index in [0.717, 1.165) is 51.7 Å². The number of anilines is 3. The molecule has 1 aliphatic heterocycles. The molecule has 2 aromatic heterocycles. The topological polar surface area (TPSA) is 106 Å². The highest BCUT2D eigenvalue weighted by molar-refractivity contribution is 5.77. The molecule has 3 aromatic rings. The summed E-state index contributed by atoms with van der Waals surface area (Å²) < 4.78 is 21.9. The molecule has 3 N–H and O–H groups in total. The maximum absolute atomic E-state index is 14.4. The largest absolute Gasteiger partial charge is 0.381 e. The van der Waals surface area contributed by atoms with E-state index in [9.17, 15) is 9.18 Å². The van der Waals surface area contributed by atoms with Crippen molar-refractivity contribution in [1.29, 1.82) is 0 Å². The molecular weight excluding hydrogens is 437 g/mol. The van der Waals surface area contributed by atoms with Crippen molar-refractivity contribution < 1.29 is 13.9 Å². The zero-order valence-corrected chi connectivity index (χ0v) is 19.3. The Balaban J connectivity index is 1.47. The van der Waals surface area contributed by atoms with Crippen LogP contribution in [0.15, 0.2) is 30.5 Å². The van der Waals surface area contributed by atoms with Crippen molar-refractivity contribution in [3.05, 3.63) is 36.3 Å². The SMILES string of the molecule is CC(=O)N[C@H]1CC[C@H](n2c(Nc3ccccc3F)nc3cnc(NC4CCOCC4)nc32)CC1. The Bertz CT molecular complexity index is 1150. The van der Waals surface area contributed by atoms with E-state index < -0.39 is 0 Å². The first-order chi connectivity index (χ1) is 16.6. The number of hydrogen-bond acceptors (Lipinski definition) is 7. The van der Waals surface area contributed by atoms with Gasteiger partial charge in [0.2, 0.25) is 17.8 Å². The second-order valence-corrected chi connectivity index (χ2v) is 9.05. The van der Waals surface area contributed by atoms with Crippen molar-refractivity contribution in [1.82, 2.24) is 24.8 Å². The number of aromatic nitrogens is 4. The number of carbonyl (C=O) groups excluding carboxylic acids is 1. The maximum Gasteiger partial charge on any atom is 0.224 e. The number of benzene rings is 1. The predicted molar refractivity (Wildman–Crippen MR) is 128 cm³/mol. The highest BCUT2D eigenvalue weighted by atomic mass is 19.1. The van der Waals surface area contributed by atoms with Gasteiger partial charge in [-0.3, -0.25) is 9.36 Å². The lowest BCUT2D eigenvalue weighted by Gasteiger charge is -2.30. The van der Waals surface area contributed by atoms with E-state index >= 15 is 0 Å². The summed E-state index contributed by atoms with van der Waals surface area (Å²) >= 11 is 0. The second kappa shape index (κ2) is 9.92. The number of ether oxygens (including phenoxy) is 1. The Morgan fingerprint density at radius 2 is 1.82 bits per heavy atom. The Kier molecular flexibility index (Phi) is 6.57. The molecule has 0 unspecified atom stereocenters. The summed E-state index contributed by atoms with van der Waals surface area (Å²) in [5, 5.41) is 9.63. The second-order valence-electron chi connectivity index (χ2n) is 9.05. The number of rotatable bonds is 6. The summed E-state index contributed by atoms with van der Waals surface area (Å²) in [4.78, 5) is 25.5. The summed E-state index contributed by atoms with van der Waals surface area (Å²) in [6, 6.07) is 7.12. The van der Waals surface area contributed by atoms with Crippen molar-refractivity contribution in [2.45, 2.75) is 63.6 Å². The lowest BCUT2D eigenvalue weighted by molar-refractivity contribution is -0.119. The van der Waals surface area contributed by atoms with E-state index in [1.807, 2.05) is 0 Å². The molecule has 5 rings (SSSR count). The first-order valence-electron chi connectivity index (χ1n) is 11.9. The summed E-state index contributed by atoms with van der Waals surface area (Å²) in [5.74, 6) is 0.754. The average Bonchev–Trinajstić information content (AvgIpc) is 3.18. The number of imidazole rings is 1. The lowest BCUT2D eigenvalue weighted by atomic mass is 9.91. The molecule has 9 nitrogen and oxygen atoms in total. The quantitative estimate of drug-likeness (QED) is 0.505. The van der Waals surface area contributed by atoms with Crippen LogP contribution in [0.3, 0.4) is 0 Å². The van der Waals surface area contributed by atoms with E-state index in [-0.39, 0.29) is 29.8 Å². The molecule has 0 radical (unpaired) electrons. The van der Waals surface area contributed by atoms with Crippen molar-refractivity contribution >= 4 is 34.7 Å². The van der Waals surface area contributed by atoms with Crippen LogP contribution >= 0.6 is 0 Å². The van der Waals surface area contributed by atoms with Crippen molar-refractivity contribution in [2.75, 3.05) is 23.8 Å². The molecule has 2 aliphatic rings. The first-order valence-corrected chi connectivity index (χ1v) is 11.9. The van der Waals surface area contributed by atoms with E-state index in [1.54, 1.807) is 31.3 Å². The third kappa shape index (κ3) is 4.96. The van der Waals surface area contributed by atoms with Crippen LogP contribution in [0.4, 0.5) is 22.0 Å². The molecule has 10 heteroatoms. The van der Waals surface area contributed by atoms with Crippen molar-refractivity contribution in [3.63, 3.8) is 0 Å². The van der Waals surface area contributed by atoms with Gasteiger partial charge in [-0.2, -0.15) is 4.98 Å². The first kappa shape index (κ1) is 22.5. The number of fused-ring (bicyclic) bond motifs is 1. The Morgan fingerprint density at radius 3 is 2.56 bits per heavy atom. The lowest BCUT2D eigenvalue weighted by Crippen LogP contribution is -2.36. The van der Waals surface area contributed by atoms with E-state index in [4.69, 9.17) is 14.7 Å². The van der Waals surface area contributed by atoms with Gasteiger partial charge in [0.05, 0.1) is 11.9 Å². The van der Waals surface area contributed by atoms with Gasteiger partial charge in [0.1, 0.15) is 11.3 Å². The van der Waals surface area contributed by atoms with E-state index in [2.05, 4.69) is 25.5 Å². The zero-order chi connectivity index (χ0) is 23.5. The predicted octanol–water partition coefficient (Wildman–Crippen LogP) is 3.92. The fourth-order valence-corrected chi connectivity index (χ4v) is 4.87. The smallest absolute Gasteiger partial charge is 0.224 e. The highest BCUT2D eigenvalue weighted by Crippen LogP contribution is 2.35. The molecule has 2 fully saturated rings. The summed E-state index contributed by atoms with van der Waals surface area (Å²) in [5.41, 5.74) is 1.73. The average molecular weight is 468 g/mol. The number of halogens is 1. The number of para-hydroxylation sites is 1. The van der Waals surface area contributed by atoms with Crippen LogP contribution in [0.25, 0.3) is 11.2 Å². The molecule has 1 saturated heterocycles. The molecule has 0 spiro atoms. The number of carbonyl (C=O) groups is 1. The summed E-state index contributed by atoms with van der Waals surface area (Å²) in [7, 11) is 0. The fraction of sp³-hybridized carbons (Fsp3) is 0.500. The van der Waals surface area contributed by atoms with Gasteiger partial charge in [-0.15, -0.1) is 0 Å². The third-order valence-corrected chi connectivity index (χ3v) is 6.58. The molecule has 0 atom stereocenters. The standard InChI is InChI=1S/C24H30FN7O2/c1-15(33)27-16-6-8-18(9-7-16)32-22-21(30-24(32)29-20-5-3-2-4-19(20)25)14-26-23(31-22)28-17-10-12-34-13-11-17/h2-5,14,16-18H,6-13H2,1H3,(H,27,33)(H,29,30)(H,26,28,31)/t16-,18-. The van der Waals surface area contributed by atoms with Gasteiger partial charge in [0.25, 0.3) is 0 Å². The fourth-order valence-electron chi connectivity index (χ4n) is 4.87. The zero-order valence-electron chi connectivity index (χ0n) is 19.3. The Hall–Kier alpha value is -3.27. The van der Waals surface area contributed by atoms with E-state index in [1.165, 1.54) is 6.07 Å². The minimum absolute atomic E-state index is 0.00462. The Labute approximate surface area is 197 Å². The van der Waals surface area contributed by atoms with Gasteiger partial charge in [-0.05, 0) is 50.7 Å². The number of nitrogens with one attached hydrogen (secondary N) is 3. The molecule has 0 bridgehead atoms. The molecule has 1 saturated carbocycles. The van der Waals surface area contributed by atoms with Gasteiger partial charge in [-0.25, -0.2) is 14.4 Å². The van der Waals surface area contributed by atoms with Crippen molar-refractivity contribution in [3.8, 4) is 0 Å². The molecule has 3 heterocycles. The van der Waals surface area contributed by atoms with Crippen molar-refractivity contribution in [2.24, 2.45) is 0 Å². The number of hydrogen-bond donors (Lipinski definition) is 3. The number of nitrogens with zero attached hydrogens (tertiary/aromatic N) is 4. The van der Waals surface area contributed by atoms with Crippen LogP contribution in [0.1, 0.15) is 51.5 Å². The van der Waals surface area contributed by atoms with Crippen LogP contribution in [0.5, 0.6) is 0 Å². The van der Waals surface area contributed by atoms with Gasteiger partial charge < -0.3 is 20.7 Å². The van der Waals surface area contributed by atoms with Crippen LogP contribution < -0.4 is 16.0 Å². The number of amides is 1. The molecule has 34 heavy (non-hydrogen) atoms. The minimum Gasteiger partial charge on any atom is -0.381 e. The van der Waals surface area contributed by atoms with Gasteiger partial charge >= 0.3 is 0 Å². The van der Waals surface area contributed by atoms with Crippen LogP contribution in [-0.4, -0.2) is 50.7 Å². The molecule has 1 aliphatic carbocycles. The molecule has 1 aromatic carbocycles. The molecular formula is C24H30FN7O2. The monoisotopic (exact) mass is 467 g/mol.